The van der Waals surface area contributed by atoms with Gasteiger partial charge in [0.2, 0.25) is 0 Å². The van der Waals surface area contributed by atoms with E-state index < -0.39 is 17.2 Å². The lowest BCUT2D eigenvalue weighted by atomic mass is 10.1. The van der Waals surface area contributed by atoms with Crippen LogP contribution in [0.4, 0.5) is 4.79 Å². The predicted molar refractivity (Wildman–Crippen MR) is 89.9 cm³/mol. The van der Waals surface area contributed by atoms with E-state index in [1.807, 2.05) is 13.8 Å². The van der Waals surface area contributed by atoms with E-state index in [0.717, 1.165) is 4.47 Å². The highest BCUT2D eigenvalue weighted by atomic mass is 79.9. The molecule has 2 N–H and O–H groups in total. The van der Waals surface area contributed by atoms with Crippen LogP contribution >= 0.6 is 15.9 Å². The predicted octanol–water partition coefficient (Wildman–Crippen LogP) is 3.48. The number of carbonyl (C=O) groups is 2. The van der Waals surface area contributed by atoms with Crippen LogP contribution in [0.3, 0.4) is 0 Å². The van der Waals surface area contributed by atoms with Gasteiger partial charge in [0.15, 0.2) is 0 Å². The molecule has 2 amide bonds. The van der Waals surface area contributed by atoms with Crippen molar-refractivity contribution in [1.29, 1.82) is 0 Å². The van der Waals surface area contributed by atoms with Crippen molar-refractivity contribution in [1.82, 2.24) is 10.6 Å². The SMILES string of the molecule is CC(C)(CNC(=O)c1ccc(Br)cc1)NC(=O)OC(C)(C)C. The zero-order chi connectivity index (χ0) is 17.0. The van der Waals surface area contributed by atoms with E-state index in [-0.39, 0.29) is 5.91 Å². The summed E-state index contributed by atoms with van der Waals surface area (Å²) < 4.78 is 6.12. The van der Waals surface area contributed by atoms with Gasteiger partial charge in [-0.3, -0.25) is 4.79 Å². The topological polar surface area (TPSA) is 67.4 Å². The van der Waals surface area contributed by atoms with E-state index in [0.29, 0.717) is 12.1 Å². The summed E-state index contributed by atoms with van der Waals surface area (Å²) in [4.78, 5) is 23.8. The first kappa shape index (κ1) is 18.5. The van der Waals surface area contributed by atoms with E-state index >= 15 is 0 Å². The molecule has 0 aliphatic heterocycles. The lowest BCUT2D eigenvalue weighted by molar-refractivity contribution is 0.0469. The first-order chi connectivity index (χ1) is 9.98. The van der Waals surface area contributed by atoms with Crippen LogP contribution in [-0.4, -0.2) is 29.7 Å². The molecular weight excluding hydrogens is 348 g/mol. The molecular formula is C16H23BrN2O3. The maximum Gasteiger partial charge on any atom is 0.408 e. The van der Waals surface area contributed by atoms with Gasteiger partial charge >= 0.3 is 6.09 Å². The van der Waals surface area contributed by atoms with Crippen molar-refractivity contribution in [3.63, 3.8) is 0 Å². The average Bonchev–Trinajstić information content (AvgIpc) is 2.33. The third kappa shape index (κ3) is 6.93. The van der Waals surface area contributed by atoms with Crippen molar-refractivity contribution in [3.8, 4) is 0 Å². The fourth-order valence-electron chi connectivity index (χ4n) is 1.63. The molecule has 22 heavy (non-hydrogen) atoms. The van der Waals surface area contributed by atoms with Gasteiger partial charge in [0.25, 0.3) is 5.91 Å². The fourth-order valence-corrected chi connectivity index (χ4v) is 1.89. The number of alkyl carbamates (subject to hydrolysis) is 1. The van der Waals surface area contributed by atoms with E-state index in [9.17, 15) is 9.59 Å². The molecule has 0 heterocycles. The van der Waals surface area contributed by atoms with Crippen molar-refractivity contribution in [2.45, 2.75) is 45.8 Å². The minimum absolute atomic E-state index is 0.188. The summed E-state index contributed by atoms with van der Waals surface area (Å²) in [6.45, 7) is 9.33. The highest BCUT2D eigenvalue weighted by molar-refractivity contribution is 9.10. The molecule has 5 nitrogen and oxygen atoms in total. The van der Waals surface area contributed by atoms with Gasteiger partial charge in [-0.05, 0) is 58.9 Å². The van der Waals surface area contributed by atoms with Gasteiger partial charge in [-0.2, -0.15) is 0 Å². The Morgan fingerprint density at radius 3 is 2.14 bits per heavy atom. The number of amides is 2. The number of carbonyl (C=O) groups excluding carboxylic acids is 2. The molecule has 1 aromatic carbocycles. The van der Waals surface area contributed by atoms with Crippen molar-refractivity contribution in [2.24, 2.45) is 0 Å². The van der Waals surface area contributed by atoms with Crippen molar-refractivity contribution in [3.05, 3.63) is 34.3 Å². The number of nitrogens with one attached hydrogen (secondary N) is 2. The van der Waals surface area contributed by atoms with Crippen molar-refractivity contribution in [2.75, 3.05) is 6.54 Å². The summed E-state index contributed by atoms with van der Waals surface area (Å²) in [5, 5.41) is 5.55. The van der Waals surface area contributed by atoms with E-state index in [1.165, 1.54) is 0 Å². The second-order valence-corrected chi connectivity index (χ2v) is 7.62. The third-order valence-corrected chi connectivity index (χ3v) is 3.17. The number of hydrogen-bond acceptors (Lipinski definition) is 3. The second-order valence-electron chi connectivity index (χ2n) is 6.70. The summed E-state index contributed by atoms with van der Waals surface area (Å²) in [6.07, 6.45) is -0.504. The average molecular weight is 371 g/mol. The number of rotatable bonds is 4. The normalized spacial score (nSPS) is 11.7. The van der Waals surface area contributed by atoms with Crippen LogP contribution in [-0.2, 0) is 4.74 Å². The molecule has 0 aliphatic rings. The molecule has 1 aromatic rings. The van der Waals surface area contributed by atoms with Gasteiger partial charge in [0, 0.05) is 16.6 Å². The summed E-state index contributed by atoms with van der Waals surface area (Å²) in [5.74, 6) is -0.188. The Hall–Kier alpha value is -1.56. The third-order valence-electron chi connectivity index (χ3n) is 2.64. The molecule has 1 rings (SSSR count). The van der Waals surface area contributed by atoms with Crippen LogP contribution in [0.2, 0.25) is 0 Å². The molecule has 0 unspecified atom stereocenters. The highest BCUT2D eigenvalue weighted by Gasteiger charge is 2.25. The Kier molecular flexibility index (Phi) is 6.00. The van der Waals surface area contributed by atoms with E-state index in [4.69, 9.17) is 4.74 Å². The summed E-state index contributed by atoms with van der Waals surface area (Å²) in [6, 6.07) is 7.07. The molecule has 0 spiro atoms. The summed E-state index contributed by atoms with van der Waals surface area (Å²) in [5.41, 5.74) is -0.606. The second kappa shape index (κ2) is 7.13. The molecule has 0 radical (unpaired) electrons. The summed E-state index contributed by atoms with van der Waals surface area (Å²) in [7, 11) is 0. The van der Waals surface area contributed by atoms with E-state index in [2.05, 4.69) is 26.6 Å². The van der Waals surface area contributed by atoms with Crippen LogP contribution < -0.4 is 10.6 Å². The molecule has 0 saturated carbocycles. The molecule has 0 fully saturated rings. The van der Waals surface area contributed by atoms with Gasteiger partial charge in [0.05, 0.1) is 5.54 Å². The number of ether oxygens (including phenoxy) is 1. The number of halogens is 1. The fraction of sp³-hybridized carbons (Fsp3) is 0.500. The zero-order valence-electron chi connectivity index (χ0n) is 13.6. The molecule has 0 saturated heterocycles. The van der Waals surface area contributed by atoms with Crippen LogP contribution in [0.25, 0.3) is 0 Å². The largest absolute Gasteiger partial charge is 0.444 e. The first-order valence-electron chi connectivity index (χ1n) is 7.03. The van der Waals surface area contributed by atoms with Crippen molar-refractivity contribution < 1.29 is 14.3 Å². The monoisotopic (exact) mass is 370 g/mol. The molecule has 122 valence electrons. The number of hydrogen-bond donors (Lipinski definition) is 2. The molecule has 0 aromatic heterocycles. The smallest absolute Gasteiger partial charge is 0.408 e. The van der Waals surface area contributed by atoms with Crippen molar-refractivity contribution >= 4 is 27.9 Å². The molecule has 0 atom stereocenters. The Bertz CT molecular complexity index is 533. The molecule has 0 bridgehead atoms. The highest BCUT2D eigenvalue weighted by Crippen LogP contribution is 2.11. The number of benzene rings is 1. The zero-order valence-corrected chi connectivity index (χ0v) is 15.2. The maximum absolute atomic E-state index is 12.0. The van der Waals surface area contributed by atoms with Gasteiger partial charge < -0.3 is 15.4 Å². The Labute approximate surface area is 139 Å². The summed E-state index contributed by atoms with van der Waals surface area (Å²) >= 11 is 3.32. The maximum atomic E-state index is 12.0. The minimum atomic E-state index is -0.618. The first-order valence-corrected chi connectivity index (χ1v) is 7.83. The van der Waals surface area contributed by atoms with Crippen LogP contribution in [0.1, 0.15) is 45.0 Å². The quantitative estimate of drug-likeness (QED) is 0.852. The van der Waals surface area contributed by atoms with Crippen LogP contribution in [0, 0.1) is 0 Å². The lowest BCUT2D eigenvalue weighted by Crippen LogP contribution is -2.52. The van der Waals surface area contributed by atoms with Crippen LogP contribution in [0.5, 0.6) is 0 Å². The standard InChI is InChI=1S/C16H23BrN2O3/c1-15(2,3)22-14(21)19-16(4,5)10-18-13(20)11-6-8-12(17)9-7-11/h6-9H,10H2,1-5H3,(H,18,20)(H,19,21). The van der Waals surface area contributed by atoms with E-state index in [1.54, 1.807) is 45.0 Å². The Morgan fingerprint density at radius 1 is 1.09 bits per heavy atom. The Balaban J connectivity index is 2.52. The van der Waals surface area contributed by atoms with Gasteiger partial charge in [-0.15, -0.1) is 0 Å². The Morgan fingerprint density at radius 2 is 1.64 bits per heavy atom. The van der Waals surface area contributed by atoms with Gasteiger partial charge in [-0.25, -0.2) is 4.79 Å². The van der Waals surface area contributed by atoms with Gasteiger partial charge in [0.1, 0.15) is 5.60 Å². The minimum Gasteiger partial charge on any atom is -0.444 e. The lowest BCUT2D eigenvalue weighted by Gasteiger charge is -2.28. The van der Waals surface area contributed by atoms with Gasteiger partial charge in [-0.1, -0.05) is 15.9 Å². The molecule has 6 heteroatoms. The molecule has 0 aliphatic carbocycles. The van der Waals surface area contributed by atoms with Crippen LogP contribution in [0.15, 0.2) is 28.7 Å².